The first-order valence-corrected chi connectivity index (χ1v) is 16.2. The summed E-state index contributed by atoms with van der Waals surface area (Å²) in [7, 11) is -0.518. The van der Waals surface area contributed by atoms with Gasteiger partial charge in [-0.2, -0.15) is 0 Å². The summed E-state index contributed by atoms with van der Waals surface area (Å²) in [5.74, 6) is 2.15. The third kappa shape index (κ3) is 7.38. The number of likely N-dealkylation sites (tertiary alicyclic amines) is 2. The molecule has 2 aliphatic heterocycles. The Balaban J connectivity index is 1.17. The topological polar surface area (TPSA) is 70.2 Å². The van der Waals surface area contributed by atoms with Crippen LogP contribution in [0, 0.1) is 25.7 Å². The zero-order valence-corrected chi connectivity index (χ0v) is 24.9. The van der Waals surface area contributed by atoms with E-state index in [4.69, 9.17) is 4.74 Å². The first-order valence-electron chi connectivity index (χ1n) is 14.8. The van der Waals surface area contributed by atoms with Crippen LogP contribution in [-0.4, -0.2) is 87.8 Å². The molecular formula is C30H49N3O4S. The molecule has 0 radical (unpaired) electrons. The zero-order valence-electron chi connectivity index (χ0n) is 24.1. The Bertz CT molecular complexity index is 1010. The van der Waals surface area contributed by atoms with Gasteiger partial charge in [-0.25, -0.2) is 12.7 Å². The van der Waals surface area contributed by atoms with Crippen molar-refractivity contribution in [2.75, 3.05) is 53.4 Å². The number of carbonyl (C=O) groups excluding carboxylic acids is 1. The number of Topliss-reactive ketones (excluding diaryl/α,β-unsaturated/α-hetero) is 1. The summed E-state index contributed by atoms with van der Waals surface area (Å²) in [6, 6.07) is 4.17. The SMILES string of the molecule is COc1cc(C)c(S(=O)(=O)N(C)CCC(=O)CC2CCC(N3CCC(CN4CCCC4)CC3)CC2)c(C)c1. The molecule has 0 amide bonds. The van der Waals surface area contributed by atoms with E-state index in [-0.39, 0.29) is 18.7 Å². The molecule has 214 valence electrons. The highest BCUT2D eigenvalue weighted by molar-refractivity contribution is 7.89. The van der Waals surface area contributed by atoms with E-state index in [2.05, 4.69) is 9.80 Å². The quantitative estimate of drug-likeness (QED) is 0.402. The Morgan fingerprint density at radius 3 is 2.13 bits per heavy atom. The summed E-state index contributed by atoms with van der Waals surface area (Å²) < 4.78 is 33.1. The fourth-order valence-electron chi connectivity index (χ4n) is 6.96. The maximum atomic E-state index is 13.2. The zero-order chi connectivity index (χ0) is 27.3. The molecule has 38 heavy (non-hydrogen) atoms. The Morgan fingerprint density at radius 2 is 1.55 bits per heavy atom. The van der Waals surface area contributed by atoms with Gasteiger partial charge in [-0.15, -0.1) is 0 Å². The van der Waals surface area contributed by atoms with Crippen LogP contribution in [0.4, 0.5) is 0 Å². The van der Waals surface area contributed by atoms with Crippen molar-refractivity contribution in [3.8, 4) is 5.75 Å². The largest absolute Gasteiger partial charge is 0.497 e. The van der Waals surface area contributed by atoms with E-state index < -0.39 is 10.0 Å². The second-order valence-electron chi connectivity index (χ2n) is 12.1. The second-order valence-corrected chi connectivity index (χ2v) is 14.1. The molecule has 3 fully saturated rings. The fraction of sp³-hybridized carbons (Fsp3) is 0.767. The van der Waals surface area contributed by atoms with Gasteiger partial charge in [0.2, 0.25) is 10.0 Å². The number of ketones is 1. The van der Waals surface area contributed by atoms with Gasteiger partial charge in [0.15, 0.2) is 0 Å². The van der Waals surface area contributed by atoms with Gasteiger partial charge < -0.3 is 14.5 Å². The van der Waals surface area contributed by atoms with E-state index in [1.54, 1.807) is 40.1 Å². The van der Waals surface area contributed by atoms with Gasteiger partial charge in [-0.05, 0) is 126 Å². The predicted octanol–water partition coefficient (Wildman–Crippen LogP) is 4.65. The first-order chi connectivity index (χ1) is 18.2. The van der Waals surface area contributed by atoms with Crippen LogP contribution in [0.2, 0.25) is 0 Å². The van der Waals surface area contributed by atoms with E-state index in [1.165, 1.54) is 75.6 Å². The molecular weight excluding hydrogens is 498 g/mol. The molecule has 4 rings (SSSR count). The highest BCUT2D eigenvalue weighted by Crippen LogP contribution is 2.33. The van der Waals surface area contributed by atoms with Crippen molar-refractivity contribution in [2.45, 2.75) is 89.0 Å². The lowest BCUT2D eigenvalue weighted by atomic mass is 9.81. The smallest absolute Gasteiger partial charge is 0.243 e. The fourth-order valence-corrected chi connectivity index (χ4v) is 8.54. The van der Waals surface area contributed by atoms with Crippen molar-refractivity contribution in [1.29, 1.82) is 0 Å². The van der Waals surface area contributed by atoms with Crippen LogP contribution in [0.3, 0.4) is 0 Å². The summed E-state index contributed by atoms with van der Waals surface area (Å²) in [5, 5.41) is 0. The van der Waals surface area contributed by atoms with Gasteiger partial charge in [0.1, 0.15) is 11.5 Å². The average Bonchev–Trinajstić information content (AvgIpc) is 3.40. The third-order valence-corrected chi connectivity index (χ3v) is 11.4. The standard InChI is InChI=1S/C30H49N3O4S/c1-23-19-29(37-4)20-24(2)30(23)38(35,36)31(3)16-13-28(34)21-25-7-9-27(10-8-25)33-17-11-26(12-18-33)22-32-14-5-6-15-32/h19-20,25-27H,5-18,21-22H2,1-4H3. The van der Waals surface area contributed by atoms with E-state index >= 15 is 0 Å². The normalized spacial score (nSPS) is 24.2. The molecule has 0 unspecified atom stereocenters. The van der Waals surface area contributed by atoms with E-state index in [0.29, 0.717) is 40.2 Å². The highest BCUT2D eigenvalue weighted by atomic mass is 32.2. The molecule has 1 aromatic rings. The lowest BCUT2D eigenvalue weighted by Crippen LogP contribution is -2.44. The second kappa shape index (κ2) is 13.2. The van der Waals surface area contributed by atoms with Crippen molar-refractivity contribution in [1.82, 2.24) is 14.1 Å². The Labute approximate surface area is 230 Å². The Hall–Kier alpha value is -1.48. The number of hydrogen-bond acceptors (Lipinski definition) is 6. The molecule has 0 N–H and O–H groups in total. The summed E-state index contributed by atoms with van der Waals surface area (Å²) in [5.41, 5.74) is 1.32. The van der Waals surface area contributed by atoms with Crippen LogP contribution >= 0.6 is 0 Å². The Kier molecular flexibility index (Phi) is 10.3. The van der Waals surface area contributed by atoms with Gasteiger partial charge in [0.25, 0.3) is 0 Å². The molecule has 0 atom stereocenters. The number of sulfonamides is 1. The number of ether oxygens (including phenoxy) is 1. The van der Waals surface area contributed by atoms with Crippen molar-refractivity contribution in [2.24, 2.45) is 11.8 Å². The van der Waals surface area contributed by atoms with Gasteiger partial charge in [-0.3, -0.25) is 4.79 Å². The molecule has 3 aliphatic rings. The van der Waals surface area contributed by atoms with Crippen LogP contribution in [0.1, 0.15) is 75.3 Å². The van der Waals surface area contributed by atoms with Crippen LogP contribution in [0.15, 0.2) is 17.0 Å². The maximum absolute atomic E-state index is 13.2. The number of aryl methyl sites for hydroxylation is 2. The lowest BCUT2D eigenvalue weighted by molar-refractivity contribution is -0.120. The van der Waals surface area contributed by atoms with E-state index in [1.807, 2.05) is 0 Å². The summed E-state index contributed by atoms with van der Waals surface area (Å²) in [4.78, 5) is 18.5. The molecule has 7 nitrogen and oxygen atoms in total. The van der Waals surface area contributed by atoms with Crippen LogP contribution in [-0.2, 0) is 14.8 Å². The summed E-state index contributed by atoms with van der Waals surface area (Å²) in [6.07, 6.45) is 10.9. The van der Waals surface area contributed by atoms with Crippen molar-refractivity contribution in [3.63, 3.8) is 0 Å². The highest BCUT2D eigenvalue weighted by Gasteiger charge is 2.31. The number of hydrogen-bond donors (Lipinski definition) is 0. The number of benzene rings is 1. The van der Waals surface area contributed by atoms with E-state index in [9.17, 15) is 13.2 Å². The number of piperidine rings is 1. The number of carbonyl (C=O) groups is 1. The van der Waals surface area contributed by atoms with Crippen molar-refractivity contribution >= 4 is 15.8 Å². The molecule has 8 heteroatoms. The summed E-state index contributed by atoms with van der Waals surface area (Å²) in [6.45, 7) is 10.2. The number of nitrogens with zero attached hydrogens (tertiary/aromatic N) is 3. The van der Waals surface area contributed by atoms with Crippen LogP contribution < -0.4 is 4.74 Å². The predicted molar refractivity (Wildman–Crippen MR) is 152 cm³/mol. The Morgan fingerprint density at radius 1 is 0.947 bits per heavy atom. The van der Waals surface area contributed by atoms with Crippen LogP contribution in [0.25, 0.3) is 0 Å². The molecule has 2 heterocycles. The van der Waals surface area contributed by atoms with Gasteiger partial charge in [0.05, 0.1) is 12.0 Å². The summed E-state index contributed by atoms with van der Waals surface area (Å²) >= 11 is 0. The van der Waals surface area contributed by atoms with Gasteiger partial charge in [0, 0.05) is 39.0 Å². The van der Waals surface area contributed by atoms with Crippen molar-refractivity contribution < 1.29 is 17.9 Å². The number of methoxy groups -OCH3 is 1. The van der Waals surface area contributed by atoms with Crippen LogP contribution in [0.5, 0.6) is 5.75 Å². The molecule has 1 aliphatic carbocycles. The van der Waals surface area contributed by atoms with Gasteiger partial charge >= 0.3 is 0 Å². The minimum Gasteiger partial charge on any atom is -0.497 e. The van der Waals surface area contributed by atoms with Crippen molar-refractivity contribution in [3.05, 3.63) is 23.3 Å². The molecule has 0 bridgehead atoms. The van der Waals surface area contributed by atoms with E-state index in [0.717, 1.165) is 18.8 Å². The number of rotatable bonds is 11. The molecule has 0 spiro atoms. The first kappa shape index (κ1) is 29.5. The molecule has 0 aromatic heterocycles. The molecule has 1 aromatic carbocycles. The maximum Gasteiger partial charge on any atom is 0.243 e. The minimum atomic E-state index is -3.67. The average molecular weight is 548 g/mol. The molecule has 1 saturated carbocycles. The van der Waals surface area contributed by atoms with Gasteiger partial charge in [-0.1, -0.05) is 0 Å². The third-order valence-electron chi connectivity index (χ3n) is 9.26. The lowest BCUT2D eigenvalue weighted by Gasteiger charge is -2.41. The monoisotopic (exact) mass is 547 g/mol. The molecule has 2 saturated heterocycles. The minimum absolute atomic E-state index is 0.182.